The van der Waals surface area contributed by atoms with Crippen molar-refractivity contribution in [2.24, 2.45) is 0 Å². The first-order valence-corrected chi connectivity index (χ1v) is 17.6. The van der Waals surface area contributed by atoms with Crippen molar-refractivity contribution in [2.75, 3.05) is 36.1 Å². The van der Waals surface area contributed by atoms with Crippen LogP contribution in [0.2, 0.25) is 0 Å². The fourth-order valence-electron chi connectivity index (χ4n) is 7.54. The number of halogens is 2. The number of carbonyl (C=O) groups is 2. The maximum Gasteiger partial charge on any atom is 0.414 e. The smallest absolute Gasteiger partial charge is 0.414 e. The quantitative estimate of drug-likeness (QED) is 0.204. The molecule has 0 bridgehead atoms. The zero-order valence-corrected chi connectivity index (χ0v) is 28.8. The lowest BCUT2D eigenvalue weighted by atomic mass is 10.0. The topological polar surface area (TPSA) is 150 Å². The van der Waals surface area contributed by atoms with Crippen LogP contribution in [0.1, 0.15) is 41.2 Å². The SMILES string of the molecule is O=C(OCc1ccccc1)c1cn(C2CC2)c2c3c(c(F)cc2c1=O)N1C[C@@](O)(COc2ccc(N4C[C@@H](Cn5ccnn5)OC4=O)cc2F)C[C@@H]1CO3. The molecule has 0 spiro atoms. The van der Waals surface area contributed by atoms with E-state index in [9.17, 15) is 19.5 Å². The van der Waals surface area contributed by atoms with Gasteiger partial charge in [-0.05, 0) is 36.6 Å². The number of hydrogen-bond donors (Lipinski definition) is 1. The molecular formula is C38H34F2N6O8. The van der Waals surface area contributed by atoms with Crippen molar-refractivity contribution in [2.45, 2.75) is 56.2 Å². The van der Waals surface area contributed by atoms with Gasteiger partial charge in [-0.15, -0.1) is 5.10 Å². The molecule has 3 aromatic carbocycles. The van der Waals surface area contributed by atoms with Crippen molar-refractivity contribution in [3.05, 3.63) is 106 Å². The van der Waals surface area contributed by atoms with Crippen molar-refractivity contribution in [1.29, 1.82) is 0 Å². The van der Waals surface area contributed by atoms with E-state index in [0.29, 0.717) is 12.1 Å². The number of cyclic esters (lactones) is 1. The standard InChI is InChI=1S/C38H34F2N6O8/c39-29-12-24(45-16-26(54-37(45)49)15-43-11-10-41-42-43)8-9-31(29)53-21-38(50)14-25-19-51-35-32-27(13-30(40)33(35)46(25)20-38)34(47)28(17-44(32)23-6-7-23)36(48)52-18-22-4-2-1-3-5-22/h1-5,8-13,17,23,25-26,50H,6-7,14-16,18-21H2/t25-,26-,38-/m1/s1. The molecule has 0 radical (unpaired) electrons. The zero-order valence-electron chi connectivity index (χ0n) is 28.8. The Labute approximate surface area is 306 Å². The number of pyridine rings is 1. The van der Waals surface area contributed by atoms with E-state index in [0.717, 1.165) is 30.5 Å². The van der Waals surface area contributed by atoms with Crippen LogP contribution in [0.5, 0.6) is 11.5 Å². The maximum atomic E-state index is 16.1. The van der Waals surface area contributed by atoms with Crippen LogP contribution in [-0.4, -0.2) is 80.8 Å². The summed E-state index contributed by atoms with van der Waals surface area (Å²) in [5.74, 6) is -2.27. The third-order valence-electron chi connectivity index (χ3n) is 10.3. The molecule has 5 heterocycles. The second-order valence-electron chi connectivity index (χ2n) is 14.2. The number of anilines is 2. The molecule has 9 rings (SSSR count). The lowest BCUT2D eigenvalue weighted by Crippen LogP contribution is -2.41. The molecule has 4 aliphatic rings. The molecular weight excluding hydrogens is 706 g/mol. The van der Waals surface area contributed by atoms with Crippen molar-refractivity contribution in [3.63, 3.8) is 0 Å². The summed E-state index contributed by atoms with van der Waals surface area (Å²) in [6.45, 7) is 0.175. The van der Waals surface area contributed by atoms with Crippen molar-refractivity contribution in [3.8, 4) is 11.5 Å². The lowest BCUT2D eigenvalue weighted by Gasteiger charge is -2.34. The Morgan fingerprint density at radius 3 is 2.65 bits per heavy atom. The molecule has 54 heavy (non-hydrogen) atoms. The van der Waals surface area contributed by atoms with E-state index >= 15 is 8.78 Å². The van der Waals surface area contributed by atoms with E-state index in [1.165, 1.54) is 34.1 Å². The van der Waals surface area contributed by atoms with Crippen LogP contribution in [0.3, 0.4) is 0 Å². The minimum atomic E-state index is -1.52. The monoisotopic (exact) mass is 740 g/mol. The molecule has 1 amide bonds. The fourth-order valence-corrected chi connectivity index (χ4v) is 7.54. The van der Waals surface area contributed by atoms with E-state index in [4.69, 9.17) is 18.9 Å². The number of aliphatic hydroxyl groups is 1. The number of carbonyl (C=O) groups excluding carboxylic acids is 2. The van der Waals surface area contributed by atoms with Gasteiger partial charge >= 0.3 is 12.1 Å². The van der Waals surface area contributed by atoms with Crippen LogP contribution in [-0.2, 0) is 22.6 Å². The molecule has 1 aliphatic carbocycles. The normalized spacial score (nSPS) is 21.8. The van der Waals surface area contributed by atoms with Crippen molar-refractivity contribution in [1.82, 2.24) is 19.6 Å². The van der Waals surface area contributed by atoms with Gasteiger partial charge in [-0.3, -0.25) is 9.69 Å². The largest absolute Gasteiger partial charge is 0.487 e. The van der Waals surface area contributed by atoms with E-state index in [2.05, 4.69) is 10.3 Å². The first kappa shape index (κ1) is 33.8. The van der Waals surface area contributed by atoms with E-state index < -0.39 is 46.9 Å². The summed E-state index contributed by atoms with van der Waals surface area (Å²) in [7, 11) is 0. The van der Waals surface area contributed by atoms with Gasteiger partial charge in [-0.2, -0.15) is 0 Å². The molecule has 2 aromatic heterocycles. The number of ether oxygens (including phenoxy) is 4. The van der Waals surface area contributed by atoms with Crippen LogP contribution in [0.15, 0.2) is 78.0 Å². The third-order valence-corrected chi connectivity index (χ3v) is 10.3. The highest BCUT2D eigenvalue weighted by molar-refractivity contribution is 5.98. The summed E-state index contributed by atoms with van der Waals surface area (Å²) in [5.41, 5.74) is -0.871. The van der Waals surface area contributed by atoms with Crippen LogP contribution >= 0.6 is 0 Å². The van der Waals surface area contributed by atoms with Gasteiger partial charge in [0.15, 0.2) is 23.1 Å². The summed E-state index contributed by atoms with van der Waals surface area (Å²) >= 11 is 0. The van der Waals surface area contributed by atoms with Gasteiger partial charge in [0.2, 0.25) is 5.43 Å². The Morgan fingerprint density at radius 1 is 1.06 bits per heavy atom. The first-order chi connectivity index (χ1) is 26.1. The van der Waals surface area contributed by atoms with Crippen molar-refractivity contribution >= 4 is 34.3 Å². The Balaban J connectivity index is 0.926. The summed E-state index contributed by atoms with van der Waals surface area (Å²) in [6.07, 6.45) is 5.25. The molecule has 278 valence electrons. The summed E-state index contributed by atoms with van der Waals surface area (Å²) in [5, 5.41) is 19.3. The van der Waals surface area contributed by atoms with Crippen molar-refractivity contribution < 1.29 is 42.4 Å². The first-order valence-electron chi connectivity index (χ1n) is 17.6. The molecule has 1 saturated carbocycles. The van der Waals surface area contributed by atoms with E-state index in [1.54, 1.807) is 27.8 Å². The number of benzene rings is 3. The Bertz CT molecular complexity index is 2340. The summed E-state index contributed by atoms with van der Waals surface area (Å²) in [6, 6.07) is 13.8. The third kappa shape index (κ3) is 6.15. The van der Waals surface area contributed by atoms with Gasteiger partial charge in [0, 0.05) is 30.9 Å². The van der Waals surface area contributed by atoms with E-state index in [-0.39, 0.29) is 79.2 Å². The highest BCUT2D eigenvalue weighted by Crippen LogP contribution is 2.48. The minimum absolute atomic E-state index is 0.00426. The second-order valence-corrected chi connectivity index (χ2v) is 14.2. The molecule has 14 nitrogen and oxygen atoms in total. The van der Waals surface area contributed by atoms with Gasteiger partial charge in [0.1, 0.15) is 42.8 Å². The van der Waals surface area contributed by atoms with Gasteiger partial charge in [0.05, 0.1) is 48.5 Å². The highest BCUT2D eigenvalue weighted by atomic mass is 19.1. The van der Waals surface area contributed by atoms with E-state index in [1.807, 2.05) is 18.2 Å². The average Bonchev–Trinajstić information content (AvgIpc) is 3.58. The molecule has 1 N–H and O–H groups in total. The summed E-state index contributed by atoms with van der Waals surface area (Å²) < 4.78 is 57.6. The number of amides is 1. The predicted octanol–water partition coefficient (Wildman–Crippen LogP) is 4.37. The number of aromatic nitrogens is 4. The number of nitrogens with zero attached hydrogens (tertiary/aromatic N) is 6. The molecule has 0 unspecified atom stereocenters. The predicted molar refractivity (Wildman–Crippen MR) is 188 cm³/mol. The number of esters is 1. The molecule has 3 fully saturated rings. The molecule has 3 atom stereocenters. The second kappa shape index (κ2) is 13.1. The van der Waals surface area contributed by atoms with Crippen LogP contribution < -0.4 is 24.7 Å². The van der Waals surface area contributed by atoms with Crippen LogP contribution in [0.4, 0.5) is 25.0 Å². The highest BCUT2D eigenvalue weighted by Gasteiger charge is 2.48. The number of fused-ring (bicyclic) bond motifs is 5. The molecule has 2 saturated heterocycles. The summed E-state index contributed by atoms with van der Waals surface area (Å²) in [4.78, 5) is 42.4. The van der Waals surface area contributed by atoms with Crippen LogP contribution in [0.25, 0.3) is 10.9 Å². The molecule has 5 aromatic rings. The Morgan fingerprint density at radius 2 is 1.89 bits per heavy atom. The molecule has 16 heteroatoms. The van der Waals surface area contributed by atoms with Crippen LogP contribution in [0, 0.1) is 11.6 Å². The minimum Gasteiger partial charge on any atom is -0.487 e. The fraction of sp³-hybridized carbons (Fsp3) is 0.342. The number of hydrogen-bond acceptors (Lipinski definition) is 11. The number of rotatable bonds is 10. The lowest BCUT2D eigenvalue weighted by molar-refractivity contribution is 0.00980. The Kier molecular flexibility index (Phi) is 8.21. The molecule has 3 aliphatic heterocycles. The zero-order chi connectivity index (χ0) is 37.1. The van der Waals surface area contributed by atoms with Gasteiger partial charge in [0.25, 0.3) is 0 Å². The average molecular weight is 741 g/mol. The maximum absolute atomic E-state index is 16.1. The van der Waals surface area contributed by atoms with Gasteiger partial charge in [-0.1, -0.05) is 35.5 Å². The Hall–Kier alpha value is -6.03. The van der Waals surface area contributed by atoms with Gasteiger partial charge < -0.3 is 33.5 Å². The van der Waals surface area contributed by atoms with Gasteiger partial charge in [-0.25, -0.2) is 23.1 Å².